The number of nitrogens with zero attached hydrogens (tertiary/aromatic N) is 1. The Morgan fingerprint density at radius 3 is 2.85 bits per heavy atom. The molecule has 1 atom stereocenters. The van der Waals surface area contributed by atoms with E-state index in [0.717, 1.165) is 0 Å². The number of carboxylic acid groups (broad SMARTS) is 1. The maximum Gasteiger partial charge on any atom is 0.328 e. The van der Waals surface area contributed by atoms with Crippen molar-refractivity contribution in [3.05, 3.63) is 41.7 Å². The average molecular weight is 279 g/mol. The van der Waals surface area contributed by atoms with E-state index in [1.165, 1.54) is 29.2 Å². The summed E-state index contributed by atoms with van der Waals surface area (Å²) in [6.07, 6.45) is 2.52. The molecule has 6 heteroatoms. The van der Waals surface area contributed by atoms with Crippen molar-refractivity contribution in [2.45, 2.75) is 6.04 Å². The Kier molecular flexibility index (Phi) is 4.47. The van der Waals surface area contributed by atoms with Gasteiger partial charge in [-0.25, -0.2) is 9.18 Å². The summed E-state index contributed by atoms with van der Waals surface area (Å²) in [5.74, 6) is -2.02. The monoisotopic (exact) mass is 279 g/mol. The third-order valence-corrected chi connectivity index (χ3v) is 3.01. The SMILES string of the molecule is O=C(O)C1COCCN1C(=O)C=Cc1ccccc1F. The van der Waals surface area contributed by atoms with E-state index in [2.05, 4.69) is 0 Å². The molecular formula is C14H14FNO4. The van der Waals surface area contributed by atoms with Gasteiger partial charge in [0.1, 0.15) is 5.82 Å². The Morgan fingerprint density at radius 1 is 1.40 bits per heavy atom. The third-order valence-electron chi connectivity index (χ3n) is 3.01. The first-order valence-electron chi connectivity index (χ1n) is 6.13. The number of benzene rings is 1. The Balaban J connectivity index is 2.10. The van der Waals surface area contributed by atoms with E-state index < -0.39 is 23.7 Å². The molecule has 106 valence electrons. The third kappa shape index (κ3) is 3.21. The van der Waals surface area contributed by atoms with E-state index in [1.807, 2.05) is 0 Å². The lowest BCUT2D eigenvalue weighted by Gasteiger charge is -2.31. The van der Waals surface area contributed by atoms with Crippen molar-refractivity contribution in [2.24, 2.45) is 0 Å². The molecule has 1 aliphatic heterocycles. The van der Waals surface area contributed by atoms with Crippen LogP contribution in [0.2, 0.25) is 0 Å². The fraction of sp³-hybridized carbons (Fsp3) is 0.286. The predicted octanol–water partition coefficient (Wildman–Crippen LogP) is 1.15. The lowest BCUT2D eigenvalue weighted by atomic mass is 10.2. The summed E-state index contributed by atoms with van der Waals surface area (Å²) in [5.41, 5.74) is 0.279. The van der Waals surface area contributed by atoms with Crippen LogP contribution in [-0.2, 0) is 14.3 Å². The second-order valence-corrected chi connectivity index (χ2v) is 4.32. The summed E-state index contributed by atoms with van der Waals surface area (Å²) in [6, 6.07) is 5.03. The van der Waals surface area contributed by atoms with Crippen LogP contribution >= 0.6 is 0 Å². The molecule has 20 heavy (non-hydrogen) atoms. The Morgan fingerprint density at radius 2 is 2.15 bits per heavy atom. The highest BCUT2D eigenvalue weighted by molar-refractivity contribution is 5.94. The van der Waals surface area contributed by atoms with Crippen LogP contribution in [0.4, 0.5) is 4.39 Å². The van der Waals surface area contributed by atoms with E-state index in [0.29, 0.717) is 6.61 Å². The van der Waals surface area contributed by atoms with Crippen molar-refractivity contribution in [1.29, 1.82) is 0 Å². The summed E-state index contributed by atoms with van der Waals surface area (Å²) >= 11 is 0. The van der Waals surface area contributed by atoms with Gasteiger partial charge in [0.15, 0.2) is 6.04 Å². The van der Waals surface area contributed by atoms with Gasteiger partial charge in [0, 0.05) is 18.2 Å². The number of ether oxygens (including phenoxy) is 1. The number of hydrogen-bond donors (Lipinski definition) is 1. The van der Waals surface area contributed by atoms with Gasteiger partial charge in [-0.2, -0.15) is 0 Å². The number of hydrogen-bond acceptors (Lipinski definition) is 3. The molecule has 2 rings (SSSR count). The quantitative estimate of drug-likeness (QED) is 0.843. The number of carbonyl (C=O) groups is 2. The van der Waals surface area contributed by atoms with E-state index in [4.69, 9.17) is 9.84 Å². The van der Waals surface area contributed by atoms with Crippen molar-refractivity contribution < 1.29 is 23.8 Å². The lowest BCUT2D eigenvalue weighted by molar-refractivity contribution is -0.156. The molecule has 5 nitrogen and oxygen atoms in total. The summed E-state index contributed by atoms with van der Waals surface area (Å²) in [4.78, 5) is 24.2. The highest BCUT2D eigenvalue weighted by atomic mass is 19.1. The Bertz CT molecular complexity index is 544. The standard InChI is InChI=1S/C14H14FNO4/c15-11-4-2-1-3-10(11)5-6-13(17)16-7-8-20-9-12(16)14(18)19/h1-6,12H,7-9H2,(H,18,19). The molecule has 1 saturated heterocycles. The van der Waals surface area contributed by atoms with Crippen LogP contribution < -0.4 is 0 Å². The van der Waals surface area contributed by atoms with Crippen molar-refractivity contribution >= 4 is 18.0 Å². The normalized spacial score (nSPS) is 19.2. The largest absolute Gasteiger partial charge is 0.480 e. The first-order chi connectivity index (χ1) is 9.59. The zero-order chi connectivity index (χ0) is 14.5. The molecule has 1 N–H and O–H groups in total. The predicted molar refractivity (Wildman–Crippen MR) is 69.4 cm³/mol. The number of amides is 1. The molecule has 0 saturated carbocycles. The molecule has 0 spiro atoms. The van der Waals surface area contributed by atoms with Crippen LogP contribution in [0.3, 0.4) is 0 Å². The maximum atomic E-state index is 13.4. The average Bonchev–Trinajstić information content (AvgIpc) is 2.46. The van der Waals surface area contributed by atoms with E-state index in [-0.39, 0.29) is 18.7 Å². The van der Waals surface area contributed by atoms with Crippen molar-refractivity contribution in [2.75, 3.05) is 19.8 Å². The number of rotatable bonds is 3. The molecule has 1 fully saturated rings. The highest BCUT2D eigenvalue weighted by Gasteiger charge is 2.31. The highest BCUT2D eigenvalue weighted by Crippen LogP contribution is 2.11. The molecular weight excluding hydrogens is 265 g/mol. The van der Waals surface area contributed by atoms with Gasteiger partial charge >= 0.3 is 5.97 Å². The van der Waals surface area contributed by atoms with Crippen molar-refractivity contribution in [1.82, 2.24) is 4.90 Å². The van der Waals surface area contributed by atoms with Crippen LogP contribution in [0.15, 0.2) is 30.3 Å². The molecule has 1 heterocycles. The fourth-order valence-electron chi connectivity index (χ4n) is 1.94. The van der Waals surface area contributed by atoms with Crippen LogP contribution in [-0.4, -0.2) is 47.7 Å². The van der Waals surface area contributed by atoms with E-state index in [1.54, 1.807) is 12.1 Å². The van der Waals surface area contributed by atoms with Crippen molar-refractivity contribution in [3.8, 4) is 0 Å². The molecule has 1 unspecified atom stereocenters. The smallest absolute Gasteiger partial charge is 0.328 e. The fourth-order valence-corrected chi connectivity index (χ4v) is 1.94. The van der Waals surface area contributed by atoms with Gasteiger partial charge in [-0.15, -0.1) is 0 Å². The summed E-state index contributed by atoms with van der Waals surface area (Å²) < 4.78 is 18.4. The van der Waals surface area contributed by atoms with Gasteiger partial charge < -0.3 is 14.7 Å². The number of morpholine rings is 1. The molecule has 1 amide bonds. The minimum atomic E-state index is -1.11. The zero-order valence-electron chi connectivity index (χ0n) is 10.7. The van der Waals surface area contributed by atoms with Gasteiger partial charge in [0.2, 0.25) is 5.91 Å². The minimum absolute atomic E-state index is 0.0331. The van der Waals surface area contributed by atoms with Gasteiger partial charge in [-0.3, -0.25) is 4.79 Å². The molecule has 0 aromatic heterocycles. The van der Waals surface area contributed by atoms with Crippen LogP contribution in [0.25, 0.3) is 6.08 Å². The van der Waals surface area contributed by atoms with E-state index >= 15 is 0 Å². The number of halogens is 1. The van der Waals surface area contributed by atoms with Gasteiger partial charge in [-0.05, 0) is 12.1 Å². The molecule has 0 bridgehead atoms. The Hall–Kier alpha value is -2.21. The molecule has 0 aliphatic carbocycles. The summed E-state index contributed by atoms with van der Waals surface area (Å²) in [5, 5.41) is 9.03. The summed E-state index contributed by atoms with van der Waals surface area (Å²) in [6.45, 7) is 0.467. The number of carbonyl (C=O) groups excluding carboxylic acids is 1. The van der Waals surface area contributed by atoms with E-state index in [9.17, 15) is 14.0 Å². The molecule has 1 aromatic carbocycles. The maximum absolute atomic E-state index is 13.4. The number of aliphatic carboxylic acids is 1. The second kappa shape index (κ2) is 6.29. The van der Waals surface area contributed by atoms with Gasteiger partial charge in [0.25, 0.3) is 0 Å². The van der Waals surface area contributed by atoms with Gasteiger partial charge in [0.05, 0.1) is 13.2 Å². The number of carboxylic acids is 1. The topological polar surface area (TPSA) is 66.8 Å². The summed E-state index contributed by atoms with van der Waals surface area (Å²) in [7, 11) is 0. The van der Waals surface area contributed by atoms with Crippen LogP contribution in [0, 0.1) is 5.82 Å². The van der Waals surface area contributed by atoms with Gasteiger partial charge in [-0.1, -0.05) is 18.2 Å². The minimum Gasteiger partial charge on any atom is -0.480 e. The Labute approximate surface area is 115 Å². The van der Waals surface area contributed by atoms with Crippen molar-refractivity contribution in [3.63, 3.8) is 0 Å². The van der Waals surface area contributed by atoms with Crippen LogP contribution in [0.5, 0.6) is 0 Å². The molecule has 1 aromatic rings. The second-order valence-electron chi connectivity index (χ2n) is 4.32. The first kappa shape index (κ1) is 14.2. The zero-order valence-corrected chi connectivity index (χ0v) is 10.7. The lowest BCUT2D eigenvalue weighted by Crippen LogP contribution is -2.52. The first-order valence-corrected chi connectivity index (χ1v) is 6.13. The molecule has 1 aliphatic rings. The molecule has 0 radical (unpaired) electrons. The van der Waals surface area contributed by atoms with Crippen LogP contribution in [0.1, 0.15) is 5.56 Å².